The number of aromatic nitrogens is 2. The molecule has 1 aromatic heterocycles. The molecule has 0 saturated carbocycles. The minimum absolute atomic E-state index is 0.134. The van der Waals surface area contributed by atoms with Gasteiger partial charge in [0.2, 0.25) is 0 Å². The number of amides is 2. The Labute approximate surface area is 121 Å². The Balaban J connectivity index is 1.86. The Morgan fingerprint density at radius 1 is 1.29 bits per heavy atom. The molecular weight excluding hydrogens is 272 g/mol. The molecule has 1 heterocycles. The second kappa shape index (κ2) is 7.09. The first-order chi connectivity index (χ1) is 10.1. The number of imidazole rings is 1. The highest BCUT2D eigenvalue weighted by molar-refractivity contribution is 5.90. The van der Waals surface area contributed by atoms with Crippen LogP contribution in [0.15, 0.2) is 36.8 Å². The van der Waals surface area contributed by atoms with E-state index in [4.69, 9.17) is 5.11 Å². The third-order valence-electron chi connectivity index (χ3n) is 2.84. The third-order valence-corrected chi connectivity index (χ3v) is 2.84. The van der Waals surface area contributed by atoms with E-state index in [1.54, 1.807) is 36.8 Å². The number of nitrogens with one attached hydrogen (secondary N) is 3. The molecule has 0 aliphatic heterocycles. The van der Waals surface area contributed by atoms with E-state index >= 15 is 0 Å². The summed E-state index contributed by atoms with van der Waals surface area (Å²) in [6.45, 7) is 0.453. The lowest BCUT2D eigenvalue weighted by Crippen LogP contribution is -2.31. The summed E-state index contributed by atoms with van der Waals surface area (Å²) in [6.07, 6.45) is 3.79. The van der Waals surface area contributed by atoms with Crippen molar-refractivity contribution in [3.05, 3.63) is 48.0 Å². The zero-order chi connectivity index (χ0) is 15.1. The number of benzene rings is 1. The number of para-hydroxylation sites is 1. The fourth-order valence-corrected chi connectivity index (χ4v) is 1.86. The number of aromatic amines is 1. The minimum atomic E-state index is -0.941. The van der Waals surface area contributed by atoms with Crippen molar-refractivity contribution < 1.29 is 14.7 Å². The van der Waals surface area contributed by atoms with Crippen LogP contribution in [0.4, 0.5) is 10.5 Å². The van der Waals surface area contributed by atoms with Crippen LogP contribution in [-0.2, 0) is 17.6 Å². The highest BCUT2D eigenvalue weighted by Crippen LogP contribution is 2.15. The lowest BCUT2D eigenvalue weighted by atomic mass is 10.1. The van der Waals surface area contributed by atoms with Gasteiger partial charge in [0, 0.05) is 30.5 Å². The summed E-state index contributed by atoms with van der Waals surface area (Å²) < 4.78 is 0. The molecule has 2 amide bonds. The Kier molecular flexibility index (Phi) is 4.92. The van der Waals surface area contributed by atoms with E-state index in [0.29, 0.717) is 24.2 Å². The van der Waals surface area contributed by atoms with Gasteiger partial charge in [-0.2, -0.15) is 0 Å². The molecule has 1 aromatic carbocycles. The van der Waals surface area contributed by atoms with Gasteiger partial charge in [-0.15, -0.1) is 0 Å². The van der Waals surface area contributed by atoms with Gasteiger partial charge in [-0.3, -0.25) is 4.79 Å². The second-order valence-electron chi connectivity index (χ2n) is 4.44. The van der Waals surface area contributed by atoms with Crippen LogP contribution in [0.3, 0.4) is 0 Å². The molecule has 0 aliphatic rings. The van der Waals surface area contributed by atoms with E-state index in [1.165, 1.54) is 0 Å². The first-order valence-electron chi connectivity index (χ1n) is 6.47. The normalized spacial score (nSPS) is 10.1. The summed E-state index contributed by atoms with van der Waals surface area (Å²) in [4.78, 5) is 29.4. The molecule has 0 aliphatic carbocycles. The van der Waals surface area contributed by atoms with Gasteiger partial charge < -0.3 is 20.7 Å². The molecule has 110 valence electrons. The Hall–Kier alpha value is -2.83. The number of carbonyl (C=O) groups is 2. The Morgan fingerprint density at radius 3 is 2.81 bits per heavy atom. The van der Waals surface area contributed by atoms with Gasteiger partial charge in [0.15, 0.2) is 0 Å². The van der Waals surface area contributed by atoms with Crippen LogP contribution < -0.4 is 10.6 Å². The van der Waals surface area contributed by atoms with Gasteiger partial charge >= 0.3 is 12.0 Å². The van der Waals surface area contributed by atoms with Crippen molar-refractivity contribution in [3.8, 4) is 0 Å². The molecule has 2 rings (SSSR count). The summed E-state index contributed by atoms with van der Waals surface area (Å²) in [6, 6.07) is 6.46. The van der Waals surface area contributed by atoms with Gasteiger partial charge in [-0.25, -0.2) is 9.78 Å². The standard InChI is InChI=1S/C14H16N4O3/c19-13(20)7-10-3-1-2-4-12(10)18-14(21)16-6-5-11-8-15-9-17-11/h1-4,8-9H,5-7H2,(H,15,17)(H,19,20)(H2,16,18,21). The molecule has 0 saturated heterocycles. The highest BCUT2D eigenvalue weighted by atomic mass is 16.4. The van der Waals surface area contributed by atoms with Crippen LogP contribution in [-0.4, -0.2) is 33.6 Å². The number of carboxylic acid groups (broad SMARTS) is 1. The maximum Gasteiger partial charge on any atom is 0.319 e. The quantitative estimate of drug-likeness (QED) is 0.644. The summed E-state index contributed by atoms with van der Waals surface area (Å²) in [5.74, 6) is -0.941. The monoisotopic (exact) mass is 288 g/mol. The molecule has 7 heteroatoms. The zero-order valence-corrected chi connectivity index (χ0v) is 11.3. The molecule has 21 heavy (non-hydrogen) atoms. The van der Waals surface area contributed by atoms with E-state index in [0.717, 1.165) is 5.69 Å². The summed E-state index contributed by atoms with van der Waals surface area (Å²) >= 11 is 0. The van der Waals surface area contributed by atoms with Crippen molar-refractivity contribution in [3.63, 3.8) is 0 Å². The molecule has 0 atom stereocenters. The first-order valence-corrected chi connectivity index (χ1v) is 6.47. The molecule has 0 unspecified atom stereocenters. The largest absolute Gasteiger partial charge is 0.481 e. The number of urea groups is 1. The van der Waals surface area contributed by atoms with Crippen molar-refractivity contribution in [2.75, 3.05) is 11.9 Å². The number of hydrogen-bond acceptors (Lipinski definition) is 3. The van der Waals surface area contributed by atoms with Gasteiger partial charge in [-0.05, 0) is 11.6 Å². The van der Waals surface area contributed by atoms with Gasteiger partial charge in [-0.1, -0.05) is 18.2 Å². The number of nitrogens with zero attached hydrogens (tertiary/aromatic N) is 1. The maximum absolute atomic E-state index is 11.8. The fourth-order valence-electron chi connectivity index (χ4n) is 1.86. The molecule has 7 nitrogen and oxygen atoms in total. The number of rotatable bonds is 6. The van der Waals surface area contributed by atoms with Crippen molar-refractivity contribution in [1.82, 2.24) is 15.3 Å². The summed E-state index contributed by atoms with van der Waals surface area (Å²) in [7, 11) is 0. The molecule has 0 fully saturated rings. The number of carboxylic acids is 1. The van der Waals surface area contributed by atoms with Crippen LogP contribution in [0.1, 0.15) is 11.3 Å². The SMILES string of the molecule is O=C(O)Cc1ccccc1NC(=O)NCCc1cnc[nH]1. The van der Waals surface area contributed by atoms with Crippen LogP contribution in [0.2, 0.25) is 0 Å². The van der Waals surface area contributed by atoms with E-state index in [1.807, 2.05) is 0 Å². The number of carbonyl (C=O) groups excluding carboxylic acids is 1. The van der Waals surface area contributed by atoms with Crippen LogP contribution in [0, 0.1) is 0 Å². The van der Waals surface area contributed by atoms with Crippen LogP contribution in [0.5, 0.6) is 0 Å². The molecule has 0 radical (unpaired) electrons. The molecule has 4 N–H and O–H groups in total. The number of anilines is 1. The Bertz CT molecular complexity index is 610. The summed E-state index contributed by atoms with van der Waals surface area (Å²) in [5, 5.41) is 14.2. The van der Waals surface area contributed by atoms with E-state index < -0.39 is 5.97 Å². The number of hydrogen-bond donors (Lipinski definition) is 4. The topological polar surface area (TPSA) is 107 Å². The van der Waals surface area contributed by atoms with Crippen molar-refractivity contribution in [2.45, 2.75) is 12.8 Å². The van der Waals surface area contributed by atoms with Crippen molar-refractivity contribution in [1.29, 1.82) is 0 Å². The third kappa shape index (κ3) is 4.64. The summed E-state index contributed by atoms with van der Waals surface area (Å²) in [5.41, 5.74) is 1.99. The molecule has 2 aromatic rings. The van der Waals surface area contributed by atoms with E-state index in [9.17, 15) is 9.59 Å². The Morgan fingerprint density at radius 2 is 2.10 bits per heavy atom. The van der Waals surface area contributed by atoms with Crippen LogP contribution in [0.25, 0.3) is 0 Å². The van der Waals surface area contributed by atoms with E-state index in [2.05, 4.69) is 20.6 Å². The smallest absolute Gasteiger partial charge is 0.319 e. The number of H-pyrrole nitrogens is 1. The molecule has 0 spiro atoms. The van der Waals surface area contributed by atoms with Crippen LogP contribution >= 0.6 is 0 Å². The molecule has 0 bridgehead atoms. The lowest BCUT2D eigenvalue weighted by molar-refractivity contribution is -0.136. The highest BCUT2D eigenvalue weighted by Gasteiger charge is 2.08. The van der Waals surface area contributed by atoms with E-state index in [-0.39, 0.29) is 12.5 Å². The van der Waals surface area contributed by atoms with Gasteiger partial charge in [0.25, 0.3) is 0 Å². The van der Waals surface area contributed by atoms with Gasteiger partial charge in [0.1, 0.15) is 0 Å². The maximum atomic E-state index is 11.8. The predicted octanol–water partition coefficient (Wildman–Crippen LogP) is 1.40. The van der Waals surface area contributed by atoms with Crippen molar-refractivity contribution in [2.24, 2.45) is 0 Å². The number of aliphatic carboxylic acids is 1. The second-order valence-corrected chi connectivity index (χ2v) is 4.44. The zero-order valence-electron chi connectivity index (χ0n) is 11.3. The minimum Gasteiger partial charge on any atom is -0.481 e. The predicted molar refractivity (Wildman–Crippen MR) is 77.1 cm³/mol. The molecular formula is C14H16N4O3. The van der Waals surface area contributed by atoms with Gasteiger partial charge in [0.05, 0.1) is 12.7 Å². The lowest BCUT2D eigenvalue weighted by Gasteiger charge is -2.10. The average molecular weight is 288 g/mol. The van der Waals surface area contributed by atoms with Crippen molar-refractivity contribution >= 4 is 17.7 Å². The average Bonchev–Trinajstić information content (AvgIpc) is 2.93. The fraction of sp³-hybridized carbons (Fsp3) is 0.214. The first kappa shape index (κ1) is 14.6.